The third-order valence-electron chi connectivity index (χ3n) is 3.47. The van der Waals surface area contributed by atoms with Crippen molar-refractivity contribution in [1.29, 1.82) is 0 Å². The number of carbonyl (C=O) groups is 1. The summed E-state index contributed by atoms with van der Waals surface area (Å²) >= 11 is 5.18. The van der Waals surface area contributed by atoms with E-state index in [1.54, 1.807) is 18.7 Å². The van der Waals surface area contributed by atoms with Gasteiger partial charge in [-0.05, 0) is 59.2 Å². The van der Waals surface area contributed by atoms with Gasteiger partial charge in [0, 0.05) is 16.3 Å². The van der Waals surface area contributed by atoms with Crippen molar-refractivity contribution in [3.8, 4) is 11.1 Å². The first-order chi connectivity index (χ1) is 9.58. The number of hydrogen-bond acceptors (Lipinski definition) is 2. The predicted octanol–water partition coefficient (Wildman–Crippen LogP) is 4.70. The number of anilines is 1. The van der Waals surface area contributed by atoms with Gasteiger partial charge in [-0.2, -0.15) is 0 Å². The number of halogens is 1. The summed E-state index contributed by atoms with van der Waals surface area (Å²) in [6.45, 7) is 1.54. The molecule has 1 aliphatic carbocycles. The van der Waals surface area contributed by atoms with Crippen LogP contribution in [0.2, 0.25) is 0 Å². The molecule has 4 heteroatoms. The summed E-state index contributed by atoms with van der Waals surface area (Å²) in [5, 5.41) is 2.92. The topological polar surface area (TPSA) is 29.1 Å². The summed E-state index contributed by atoms with van der Waals surface area (Å²) in [7, 11) is 0. The van der Waals surface area contributed by atoms with Gasteiger partial charge in [0.1, 0.15) is 0 Å². The average Bonchev–Trinajstić information content (AvgIpc) is 2.73. The molecule has 0 aliphatic heterocycles. The number of amides is 1. The van der Waals surface area contributed by atoms with Gasteiger partial charge in [0.15, 0.2) is 0 Å². The summed E-state index contributed by atoms with van der Waals surface area (Å²) < 4.78 is 1.11. The molecule has 1 N–H and O–H groups in total. The summed E-state index contributed by atoms with van der Waals surface area (Å²) in [5.74, 6) is -0.0292. The van der Waals surface area contributed by atoms with Gasteiger partial charge in [-0.3, -0.25) is 4.79 Å². The molecule has 0 bridgehead atoms. The van der Waals surface area contributed by atoms with Crippen molar-refractivity contribution >= 4 is 39.3 Å². The van der Waals surface area contributed by atoms with Crippen LogP contribution in [0.15, 0.2) is 39.7 Å². The lowest BCUT2D eigenvalue weighted by molar-refractivity contribution is -0.114. The Morgan fingerprint density at radius 2 is 1.95 bits per heavy atom. The zero-order chi connectivity index (χ0) is 14.3. The number of nitrogens with one attached hydrogen (secondary N) is 1. The Bertz CT molecular complexity index is 712. The van der Waals surface area contributed by atoms with Crippen LogP contribution in [0, 0.1) is 0 Å². The van der Waals surface area contributed by atoms with Crippen molar-refractivity contribution in [3.05, 3.63) is 45.9 Å². The van der Waals surface area contributed by atoms with Crippen molar-refractivity contribution in [2.45, 2.75) is 18.2 Å². The van der Waals surface area contributed by atoms with E-state index in [1.165, 1.54) is 22.3 Å². The molecule has 3 rings (SSSR count). The standard InChI is InChI=1S/C16H14BrNOS/c1-9(19)18-15-7-11-5-10-6-12(17)3-4-13(10)14(11)8-16(15)20-2/h3-4,6-8H,5H2,1-2H3,(H,18,19). The molecule has 0 heterocycles. The zero-order valence-corrected chi connectivity index (χ0v) is 13.7. The molecule has 2 aromatic rings. The van der Waals surface area contributed by atoms with Gasteiger partial charge in [0.05, 0.1) is 5.69 Å². The van der Waals surface area contributed by atoms with E-state index in [-0.39, 0.29) is 5.91 Å². The molecule has 0 saturated carbocycles. The number of rotatable bonds is 2. The van der Waals surface area contributed by atoms with Crippen LogP contribution in [0.25, 0.3) is 11.1 Å². The number of thioether (sulfide) groups is 1. The lowest BCUT2D eigenvalue weighted by Gasteiger charge is -2.11. The Kier molecular flexibility index (Phi) is 3.61. The molecule has 0 unspecified atom stereocenters. The maximum Gasteiger partial charge on any atom is 0.221 e. The quantitative estimate of drug-likeness (QED) is 0.680. The zero-order valence-electron chi connectivity index (χ0n) is 11.3. The van der Waals surface area contributed by atoms with Crippen LogP contribution in [-0.4, -0.2) is 12.2 Å². The second kappa shape index (κ2) is 5.26. The van der Waals surface area contributed by atoms with Crippen molar-refractivity contribution in [2.24, 2.45) is 0 Å². The molecule has 0 atom stereocenters. The lowest BCUT2D eigenvalue weighted by atomic mass is 10.1. The largest absolute Gasteiger partial charge is 0.325 e. The number of fused-ring (bicyclic) bond motifs is 3. The molecule has 20 heavy (non-hydrogen) atoms. The lowest BCUT2D eigenvalue weighted by Crippen LogP contribution is -2.07. The minimum atomic E-state index is -0.0292. The minimum Gasteiger partial charge on any atom is -0.325 e. The fourth-order valence-corrected chi connectivity index (χ4v) is 3.63. The van der Waals surface area contributed by atoms with Crippen LogP contribution in [0.1, 0.15) is 18.1 Å². The highest BCUT2D eigenvalue weighted by Gasteiger charge is 2.21. The summed E-state index contributed by atoms with van der Waals surface area (Å²) in [5.41, 5.74) is 6.11. The second-order valence-corrected chi connectivity index (χ2v) is 6.63. The number of hydrogen-bond donors (Lipinski definition) is 1. The van der Waals surface area contributed by atoms with E-state index < -0.39 is 0 Å². The maximum atomic E-state index is 11.3. The highest BCUT2D eigenvalue weighted by Crippen LogP contribution is 2.42. The van der Waals surface area contributed by atoms with E-state index in [2.05, 4.69) is 51.6 Å². The van der Waals surface area contributed by atoms with Crippen molar-refractivity contribution in [1.82, 2.24) is 0 Å². The number of carbonyl (C=O) groups excluding carboxylic acids is 1. The van der Waals surface area contributed by atoms with Crippen LogP contribution in [0.5, 0.6) is 0 Å². The van der Waals surface area contributed by atoms with Crippen LogP contribution < -0.4 is 5.32 Å². The van der Waals surface area contributed by atoms with E-state index in [0.717, 1.165) is 21.5 Å². The first kappa shape index (κ1) is 13.7. The third-order valence-corrected chi connectivity index (χ3v) is 4.75. The molecular weight excluding hydrogens is 334 g/mol. The van der Waals surface area contributed by atoms with Gasteiger partial charge < -0.3 is 5.32 Å². The van der Waals surface area contributed by atoms with Crippen LogP contribution in [0.4, 0.5) is 5.69 Å². The average molecular weight is 348 g/mol. The smallest absolute Gasteiger partial charge is 0.221 e. The molecule has 1 amide bonds. The molecule has 0 saturated heterocycles. The van der Waals surface area contributed by atoms with Gasteiger partial charge in [-0.15, -0.1) is 11.8 Å². The molecule has 1 aliphatic rings. The molecule has 0 spiro atoms. The Hall–Kier alpha value is -1.26. The third kappa shape index (κ3) is 2.38. The highest BCUT2D eigenvalue weighted by molar-refractivity contribution is 9.10. The molecule has 0 aromatic heterocycles. The molecule has 102 valence electrons. The van der Waals surface area contributed by atoms with Crippen molar-refractivity contribution in [3.63, 3.8) is 0 Å². The normalized spacial score (nSPS) is 11.9. The number of benzene rings is 2. The van der Waals surface area contributed by atoms with E-state index in [0.29, 0.717) is 0 Å². The van der Waals surface area contributed by atoms with Crippen molar-refractivity contribution in [2.75, 3.05) is 11.6 Å². The van der Waals surface area contributed by atoms with E-state index in [9.17, 15) is 4.79 Å². The van der Waals surface area contributed by atoms with Gasteiger partial charge in [0.2, 0.25) is 5.91 Å². The first-order valence-corrected chi connectivity index (χ1v) is 8.37. The Balaban J connectivity index is 2.12. The fourth-order valence-electron chi connectivity index (χ4n) is 2.65. The van der Waals surface area contributed by atoms with Gasteiger partial charge in [-0.1, -0.05) is 22.0 Å². The fraction of sp³-hybridized carbons (Fsp3) is 0.188. The summed E-state index contributed by atoms with van der Waals surface area (Å²) in [4.78, 5) is 12.4. The SMILES string of the molecule is CSc1cc2c(cc1NC(C)=O)Cc1cc(Br)ccc1-2. The minimum absolute atomic E-state index is 0.0292. The van der Waals surface area contributed by atoms with Crippen LogP contribution in [0.3, 0.4) is 0 Å². The Morgan fingerprint density at radius 3 is 2.65 bits per heavy atom. The maximum absolute atomic E-state index is 11.3. The highest BCUT2D eigenvalue weighted by atomic mass is 79.9. The van der Waals surface area contributed by atoms with Crippen LogP contribution >= 0.6 is 27.7 Å². The van der Waals surface area contributed by atoms with E-state index >= 15 is 0 Å². The molecular formula is C16H14BrNOS. The van der Waals surface area contributed by atoms with Gasteiger partial charge in [-0.25, -0.2) is 0 Å². The molecule has 2 aromatic carbocycles. The van der Waals surface area contributed by atoms with Crippen LogP contribution in [-0.2, 0) is 11.2 Å². The van der Waals surface area contributed by atoms with E-state index in [1.807, 2.05) is 6.26 Å². The molecule has 0 radical (unpaired) electrons. The predicted molar refractivity (Wildman–Crippen MR) is 88.5 cm³/mol. The van der Waals surface area contributed by atoms with Gasteiger partial charge in [0.25, 0.3) is 0 Å². The first-order valence-electron chi connectivity index (χ1n) is 6.36. The summed E-state index contributed by atoms with van der Waals surface area (Å²) in [6, 6.07) is 10.7. The molecule has 2 nitrogen and oxygen atoms in total. The second-order valence-electron chi connectivity index (χ2n) is 4.87. The van der Waals surface area contributed by atoms with Crippen molar-refractivity contribution < 1.29 is 4.79 Å². The molecule has 0 fully saturated rings. The summed E-state index contributed by atoms with van der Waals surface area (Å²) in [6.07, 6.45) is 2.95. The Labute approximate surface area is 131 Å². The van der Waals surface area contributed by atoms with Gasteiger partial charge >= 0.3 is 0 Å². The van der Waals surface area contributed by atoms with E-state index in [4.69, 9.17) is 0 Å². The Morgan fingerprint density at radius 1 is 1.20 bits per heavy atom. The monoisotopic (exact) mass is 347 g/mol.